The van der Waals surface area contributed by atoms with Gasteiger partial charge in [0.1, 0.15) is 6.54 Å². The van der Waals surface area contributed by atoms with E-state index < -0.39 is 0 Å². The van der Waals surface area contributed by atoms with Gasteiger partial charge in [-0.2, -0.15) is 0 Å². The molecule has 0 aromatic heterocycles. The molecule has 1 aromatic rings. The van der Waals surface area contributed by atoms with Crippen molar-refractivity contribution in [2.75, 3.05) is 19.6 Å². The van der Waals surface area contributed by atoms with E-state index in [1.807, 2.05) is 37.8 Å². The first-order chi connectivity index (χ1) is 11.8. The fraction of sp³-hybridized carbons (Fsp3) is 0.600. The van der Waals surface area contributed by atoms with Crippen molar-refractivity contribution in [1.29, 1.82) is 0 Å². The number of amides is 3. The summed E-state index contributed by atoms with van der Waals surface area (Å²) in [7, 11) is 0. The minimum absolute atomic E-state index is 0.0228. The predicted molar refractivity (Wildman–Crippen MR) is 100 cm³/mol. The SMILES string of the molecule is CCCCN(CC(=O)N1CCc2ccccc2C1)C(=O)NC(C)(C)C. The molecule has 0 saturated carbocycles. The number of hydrogen-bond donors (Lipinski definition) is 1. The molecule has 138 valence electrons. The van der Waals surface area contributed by atoms with Gasteiger partial charge >= 0.3 is 6.03 Å². The third kappa shape index (κ3) is 5.76. The number of carbonyl (C=O) groups is 2. The summed E-state index contributed by atoms with van der Waals surface area (Å²) in [6.45, 7) is 10.0. The van der Waals surface area contributed by atoms with E-state index in [9.17, 15) is 9.59 Å². The van der Waals surface area contributed by atoms with Crippen molar-refractivity contribution in [3.8, 4) is 0 Å². The van der Waals surface area contributed by atoms with E-state index in [2.05, 4.69) is 24.4 Å². The molecular formula is C20H31N3O2. The number of urea groups is 1. The molecule has 1 N–H and O–H groups in total. The van der Waals surface area contributed by atoms with E-state index in [1.54, 1.807) is 4.90 Å². The van der Waals surface area contributed by atoms with Crippen LogP contribution in [0.5, 0.6) is 0 Å². The highest BCUT2D eigenvalue weighted by atomic mass is 16.2. The maximum absolute atomic E-state index is 12.8. The van der Waals surface area contributed by atoms with Gasteiger partial charge in [0.25, 0.3) is 0 Å². The van der Waals surface area contributed by atoms with Crippen molar-refractivity contribution >= 4 is 11.9 Å². The average molecular weight is 345 g/mol. The summed E-state index contributed by atoms with van der Waals surface area (Å²) < 4.78 is 0. The summed E-state index contributed by atoms with van der Waals surface area (Å²) in [5, 5.41) is 2.97. The van der Waals surface area contributed by atoms with Gasteiger partial charge < -0.3 is 15.1 Å². The van der Waals surface area contributed by atoms with E-state index in [0.29, 0.717) is 13.1 Å². The van der Waals surface area contributed by atoms with Crippen LogP contribution < -0.4 is 5.32 Å². The van der Waals surface area contributed by atoms with Crippen LogP contribution in [0, 0.1) is 0 Å². The number of benzene rings is 1. The van der Waals surface area contributed by atoms with Gasteiger partial charge in [-0.3, -0.25) is 4.79 Å². The minimum atomic E-state index is -0.311. The van der Waals surface area contributed by atoms with Crippen molar-refractivity contribution in [1.82, 2.24) is 15.1 Å². The largest absolute Gasteiger partial charge is 0.336 e. The Balaban J connectivity index is 2.00. The Morgan fingerprint density at radius 3 is 2.52 bits per heavy atom. The van der Waals surface area contributed by atoms with Gasteiger partial charge in [0.15, 0.2) is 0 Å². The molecule has 5 heteroatoms. The molecule has 1 aliphatic rings. The highest BCUT2D eigenvalue weighted by Gasteiger charge is 2.25. The number of nitrogens with zero attached hydrogens (tertiary/aromatic N) is 2. The maximum Gasteiger partial charge on any atom is 0.318 e. The molecule has 1 aromatic carbocycles. The Kier molecular flexibility index (Phi) is 6.45. The topological polar surface area (TPSA) is 52.7 Å². The average Bonchev–Trinajstić information content (AvgIpc) is 2.56. The van der Waals surface area contributed by atoms with Gasteiger partial charge in [-0.25, -0.2) is 4.79 Å². The van der Waals surface area contributed by atoms with E-state index >= 15 is 0 Å². The van der Waals surface area contributed by atoms with Crippen molar-refractivity contribution in [3.05, 3.63) is 35.4 Å². The van der Waals surface area contributed by atoms with E-state index in [4.69, 9.17) is 0 Å². The summed E-state index contributed by atoms with van der Waals surface area (Å²) in [6, 6.07) is 8.10. The molecule has 0 radical (unpaired) electrons. The van der Waals surface area contributed by atoms with E-state index in [-0.39, 0.29) is 24.0 Å². The Hall–Kier alpha value is -2.04. The van der Waals surface area contributed by atoms with Crippen LogP contribution in [0.15, 0.2) is 24.3 Å². The number of nitrogens with one attached hydrogen (secondary N) is 1. The number of carbonyl (C=O) groups excluding carboxylic acids is 2. The molecule has 0 saturated heterocycles. The molecule has 0 unspecified atom stereocenters. The second-order valence-electron chi connectivity index (χ2n) is 7.79. The van der Waals surface area contributed by atoms with Gasteiger partial charge in [0.2, 0.25) is 5.91 Å². The molecule has 0 atom stereocenters. The summed E-state index contributed by atoms with van der Waals surface area (Å²) in [5.41, 5.74) is 2.22. The Morgan fingerprint density at radius 1 is 1.20 bits per heavy atom. The molecule has 3 amide bonds. The van der Waals surface area contributed by atoms with Crippen molar-refractivity contribution in [2.45, 2.75) is 59.0 Å². The molecule has 0 spiro atoms. The van der Waals surface area contributed by atoms with Gasteiger partial charge in [-0.15, -0.1) is 0 Å². The Morgan fingerprint density at radius 2 is 1.88 bits per heavy atom. The number of hydrogen-bond acceptors (Lipinski definition) is 2. The van der Waals surface area contributed by atoms with Gasteiger partial charge in [0.05, 0.1) is 0 Å². The number of fused-ring (bicyclic) bond motifs is 1. The van der Waals surface area contributed by atoms with E-state index in [1.165, 1.54) is 11.1 Å². The van der Waals surface area contributed by atoms with Crippen molar-refractivity contribution in [2.24, 2.45) is 0 Å². The first kappa shape index (κ1) is 19.3. The molecule has 5 nitrogen and oxygen atoms in total. The van der Waals surface area contributed by atoms with Crippen LogP contribution in [0.3, 0.4) is 0 Å². The molecule has 0 bridgehead atoms. The lowest BCUT2D eigenvalue weighted by Gasteiger charge is -2.32. The standard InChI is InChI=1S/C20H31N3O2/c1-5-6-12-23(19(25)21-20(2,3)4)15-18(24)22-13-11-16-9-7-8-10-17(16)14-22/h7-10H,5-6,11-15H2,1-4H3,(H,21,25). The monoisotopic (exact) mass is 345 g/mol. The van der Waals surface area contributed by atoms with Gasteiger partial charge in [-0.1, -0.05) is 37.6 Å². The zero-order valence-corrected chi connectivity index (χ0v) is 16.0. The molecule has 25 heavy (non-hydrogen) atoms. The van der Waals surface area contributed by atoms with Gasteiger partial charge in [0, 0.05) is 25.2 Å². The minimum Gasteiger partial charge on any atom is -0.336 e. The first-order valence-electron chi connectivity index (χ1n) is 9.22. The Labute approximate surface area is 151 Å². The lowest BCUT2D eigenvalue weighted by Crippen LogP contribution is -2.52. The predicted octanol–water partition coefficient (Wildman–Crippen LogP) is 3.18. The molecule has 1 heterocycles. The molecular weight excluding hydrogens is 314 g/mol. The maximum atomic E-state index is 12.8. The Bertz CT molecular complexity index is 607. The summed E-state index contributed by atoms with van der Waals surface area (Å²) in [5.74, 6) is 0.0228. The van der Waals surface area contributed by atoms with Crippen molar-refractivity contribution < 1.29 is 9.59 Å². The first-order valence-corrected chi connectivity index (χ1v) is 9.22. The van der Waals surface area contributed by atoms with Crippen LogP contribution >= 0.6 is 0 Å². The molecule has 2 rings (SSSR count). The second-order valence-corrected chi connectivity index (χ2v) is 7.79. The van der Waals surface area contributed by atoms with Crippen molar-refractivity contribution in [3.63, 3.8) is 0 Å². The lowest BCUT2D eigenvalue weighted by molar-refractivity contribution is -0.132. The molecule has 0 aliphatic carbocycles. The van der Waals surface area contributed by atoms with Crippen LogP contribution in [0.25, 0.3) is 0 Å². The van der Waals surface area contributed by atoms with Crippen LogP contribution in [0.2, 0.25) is 0 Å². The quantitative estimate of drug-likeness (QED) is 0.891. The third-order valence-electron chi connectivity index (χ3n) is 4.36. The van der Waals surface area contributed by atoms with Crippen LogP contribution in [-0.2, 0) is 17.8 Å². The summed E-state index contributed by atoms with van der Waals surface area (Å²) >= 11 is 0. The molecule has 1 aliphatic heterocycles. The lowest BCUT2D eigenvalue weighted by atomic mass is 10.00. The highest BCUT2D eigenvalue weighted by molar-refractivity contribution is 5.84. The van der Waals surface area contributed by atoms with Gasteiger partial charge in [-0.05, 0) is 44.7 Å². The summed E-state index contributed by atoms with van der Waals surface area (Å²) in [4.78, 5) is 28.8. The zero-order valence-electron chi connectivity index (χ0n) is 16.0. The van der Waals surface area contributed by atoms with Crippen LogP contribution in [0.1, 0.15) is 51.7 Å². The number of rotatable bonds is 5. The van der Waals surface area contributed by atoms with Crippen LogP contribution in [0.4, 0.5) is 4.79 Å². The smallest absolute Gasteiger partial charge is 0.318 e. The second kappa shape index (κ2) is 8.37. The van der Waals surface area contributed by atoms with Crippen LogP contribution in [-0.4, -0.2) is 46.9 Å². The third-order valence-corrected chi connectivity index (χ3v) is 4.36. The van der Waals surface area contributed by atoms with E-state index in [0.717, 1.165) is 25.8 Å². The molecule has 0 fully saturated rings. The fourth-order valence-electron chi connectivity index (χ4n) is 2.97. The normalized spacial score (nSPS) is 14.0. The zero-order chi connectivity index (χ0) is 18.4. The number of unbranched alkanes of at least 4 members (excludes halogenated alkanes) is 1. The highest BCUT2D eigenvalue weighted by Crippen LogP contribution is 2.18. The summed E-state index contributed by atoms with van der Waals surface area (Å²) in [6.07, 6.45) is 2.77. The fourth-order valence-corrected chi connectivity index (χ4v) is 2.97.